The molecular formula is C10H17NOS. The van der Waals surface area contributed by atoms with Gasteiger partial charge in [-0.05, 0) is 30.8 Å². The highest BCUT2D eigenvalue weighted by molar-refractivity contribution is 7.99. The zero-order valence-corrected chi connectivity index (χ0v) is 8.95. The van der Waals surface area contributed by atoms with E-state index in [-0.39, 0.29) is 5.91 Å². The molecule has 1 N–H and O–H groups in total. The third-order valence-corrected chi connectivity index (χ3v) is 4.47. The number of hydrogen-bond donors (Lipinski definition) is 1. The van der Waals surface area contributed by atoms with Crippen LogP contribution in [0.25, 0.3) is 0 Å². The van der Waals surface area contributed by atoms with Gasteiger partial charge in [-0.2, -0.15) is 11.8 Å². The van der Waals surface area contributed by atoms with Crippen LogP contribution in [0.15, 0.2) is 0 Å². The lowest BCUT2D eigenvalue weighted by atomic mass is 9.74. The van der Waals surface area contributed by atoms with Gasteiger partial charge < -0.3 is 5.32 Å². The van der Waals surface area contributed by atoms with Gasteiger partial charge in [0.25, 0.3) is 0 Å². The number of rotatable bonds is 1. The smallest absolute Gasteiger partial charge is 0.220 e. The average Bonchev–Trinajstić information content (AvgIpc) is 2.43. The van der Waals surface area contributed by atoms with Crippen LogP contribution in [0.4, 0.5) is 0 Å². The second kappa shape index (κ2) is 3.52. The van der Waals surface area contributed by atoms with Crippen LogP contribution in [0.2, 0.25) is 0 Å². The summed E-state index contributed by atoms with van der Waals surface area (Å²) in [4.78, 5) is 11.4. The van der Waals surface area contributed by atoms with E-state index in [0.29, 0.717) is 11.5 Å². The van der Waals surface area contributed by atoms with Gasteiger partial charge in [-0.25, -0.2) is 0 Å². The van der Waals surface area contributed by atoms with E-state index in [1.54, 1.807) is 0 Å². The molecule has 2 nitrogen and oxygen atoms in total. The van der Waals surface area contributed by atoms with Gasteiger partial charge in [0.2, 0.25) is 5.91 Å². The van der Waals surface area contributed by atoms with Crippen molar-refractivity contribution in [3.05, 3.63) is 0 Å². The first-order chi connectivity index (χ1) is 6.27. The van der Waals surface area contributed by atoms with E-state index >= 15 is 0 Å². The molecule has 0 aromatic carbocycles. The van der Waals surface area contributed by atoms with E-state index < -0.39 is 0 Å². The minimum atomic E-state index is 0.277. The molecule has 0 aromatic rings. The molecule has 2 rings (SSSR count). The summed E-state index contributed by atoms with van der Waals surface area (Å²) in [5, 5.41) is 3.12. The number of carbonyl (C=O) groups excluding carboxylic acids is 1. The maximum absolute atomic E-state index is 11.4. The first kappa shape index (κ1) is 9.38. The molecule has 3 heteroatoms. The fraction of sp³-hybridized carbons (Fsp3) is 0.900. The Kier molecular flexibility index (Phi) is 2.54. The summed E-state index contributed by atoms with van der Waals surface area (Å²) in [5.41, 5.74) is 0.330. The third kappa shape index (κ3) is 1.58. The molecule has 74 valence electrons. The van der Waals surface area contributed by atoms with Gasteiger partial charge in [-0.15, -0.1) is 0 Å². The van der Waals surface area contributed by atoms with Gasteiger partial charge in [0.1, 0.15) is 0 Å². The molecule has 13 heavy (non-hydrogen) atoms. The fourth-order valence-electron chi connectivity index (χ4n) is 2.68. The van der Waals surface area contributed by atoms with E-state index in [1.807, 2.05) is 11.8 Å². The Morgan fingerprint density at radius 3 is 2.85 bits per heavy atom. The van der Waals surface area contributed by atoms with Gasteiger partial charge in [-0.1, -0.05) is 6.92 Å². The molecule has 2 fully saturated rings. The third-order valence-electron chi connectivity index (χ3n) is 3.48. The minimum absolute atomic E-state index is 0.277. The Labute approximate surface area is 83.8 Å². The number of hydrogen-bond acceptors (Lipinski definition) is 2. The number of thioether (sulfide) groups is 1. The van der Waals surface area contributed by atoms with Crippen LogP contribution in [-0.2, 0) is 4.79 Å². The van der Waals surface area contributed by atoms with E-state index in [0.717, 1.165) is 12.8 Å². The lowest BCUT2D eigenvalue weighted by Gasteiger charge is -2.36. The molecular weight excluding hydrogens is 182 g/mol. The standard InChI is InChI=1S/C10H17NOS/c1-2-8-10(7-9(12)11-8)3-5-13-6-4-10/h8H,2-7H2,1H3,(H,11,12). The van der Waals surface area contributed by atoms with Crippen LogP contribution in [0.5, 0.6) is 0 Å². The summed E-state index contributed by atoms with van der Waals surface area (Å²) in [6, 6.07) is 0.459. The summed E-state index contributed by atoms with van der Waals surface area (Å²) in [6.07, 6.45) is 4.34. The lowest BCUT2D eigenvalue weighted by molar-refractivity contribution is -0.119. The normalized spacial score (nSPS) is 32.1. The summed E-state index contributed by atoms with van der Waals surface area (Å²) < 4.78 is 0. The van der Waals surface area contributed by atoms with Crippen molar-refractivity contribution in [3.63, 3.8) is 0 Å². The summed E-state index contributed by atoms with van der Waals surface area (Å²) in [7, 11) is 0. The van der Waals surface area contributed by atoms with E-state index in [4.69, 9.17) is 0 Å². The second-order valence-corrected chi connectivity index (χ2v) is 5.40. The Morgan fingerprint density at radius 2 is 2.23 bits per heavy atom. The SMILES string of the molecule is CCC1NC(=O)CC12CCSCC2. The molecule has 2 aliphatic heterocycles. The molecule has 2 aliphatic rings. The van der Waals surface area contributed by atoms with E-state index in [9.17, 15) is 4.79 Å². The maximum Gasteiger partial charge on any atom is 0.220 e. The van der Waals surface area contributed by atoms with Gasteiger partial charge in [-0.3, -0.25) is 4.79 Å². The van der Waals surface area contributed by atoms with E-state index in [1.165, 1.54) is 24.3 Å². The predicted molar refractivity (Wildman–Crippen MR) is 55.8 cm³/mol. The van der Waals surface area contributed by atoms with Crippen LogP contribution < -0.4 is 5.32 Å². The molecule has 1 spiro atoms. The minimum Gasteiger partial charge on any atom is -0.353 e. The number of carbonyl (C=O) groups is 1. The van der Waals surface area contributed by atoms with Gasteiger partial charge in [0.05, 0.1) is 0 Å². The second-order valence-electron chi connectivity index (χ2n) is 4.18. The molecule has 0 aliphatic carbocycles. The topological polar surface area (TPSA) is 29.1 Å². The van der Waals surface area contributed by atoms with Crippen molar-refractivity contribution in [2.75, 3.05) is 11.5 Å². The lowest BCUT2D eigenvalue weighted by Crippen LogP contribution is -2.39. The van der Waals surface area contributed by atoms with Gasteiger partial charge in [0, 0.05) is 17.9 Å². The molecule has 0 radical (unpaired) electrons. The monoisotopic (exact) mass is 199 g/mol. The Hall–Kier alpha value is -0.180. The molecule has 1 atom stereocenters. The van der Waals surface area contributed by atoms with Crippen LogP contribution in [0.1, 0.15) is 32.6 Å². The Balaban J connectivity index is 2.13. The Bertz CT molecular complexity index is 211. The summed E-state index contributed by atoms with van der Waals surface area (Å²) in [6.45, 7) is 2.18. The molecule has 0 bridgehead atoms. The maximum atomic E-state index is 11.4. The highest BCUT2D eigenvalue weighted by atomic mass is 32.2. The predicted octanol–water partition coefficient (Wildman–Crippen LogP) is 1.80. The fourth-order valence-corrected chi connectivity index (χ4v) is 3.99. The number of nitrogens with one attached hydrogen (secondary N) is 1. The molecule has 1 amide bonds. The average molecular weight is 199 g/mol. The first-order valence-corrected chi connectivity index (χ1v) is 6.29. The quantitative estimate of drug-likeness (QED) is 0.697. The van der Waals surface area contributed by atoms with Crippen molar-refractivity contribution in [1.29, 1.82) is 0 Å². The highest BCUT2D eigenvalue weighted by Crippen LogP contribution is 2.44. The Morgan fingerprint density at radius 1 is 1.54 bits per heavy atom. The zero-order valence-electron chi connectivity index (χ0n) is 8.14. The van der Waals surface area contributed by atoms with Crippen LogP contribution in [0.3, 0.4) is 0 Å². The van der Waals surface area contributed by atoms with Crippen molar-refractivity contribution in [3.8, 4) is 0 Å². The summed E-state index contributed by atoms with van der Waals surface area (Å²) in [5.74, 6) is 2.76. The van der Waals surface area contributed by atoms with Crippen molar-refractivity contribution in [2.24, 2.45) is 5.41 Å². The largest absolute Gasteiger partial charge is 0.353 e. The van der Waals surface area contributed by atoms with Crippen molar-refractivity contribution < 1.29 is 4.79 Å². The first-order valence-electron chi connectivity index (χ1n) is 5.14. The van der Waals surface area contributed by atoms with Crippen molar-refractivity contribution in [2.45, 2.75) is 38.6 Å². The van der Waals surface area contributed by atoms with Gasteiger partial charge in [0.15, 0.2) is 0 Å². The van der Waals surface area contributed by atoms with Crippen molar-refractivity contribution >= 4 is 17.7 Å². The van der Waals surface area contributed by atoms with Crippen LogP contribution in [0, 0.1) is 5.41 Å². The highest BCUT2D eigenvalue weighted by Gasteiger charge is 2.46. The van der Waals surface area contributed by atoms with Crippen molar-refractivity contribution in [1.82, 2.24) is 5.32 Å². The summed E-state index contributed by atoms with van der Waals surface area (Å²) >= 11 is 2.03. The molecule has 0 saturated carbocycles. The molecule has 2 heterocycles. The molecule has 2 saturated heterocycles. The molecule has 1 unspecified atom stereocenters. The van der Waals surface area contributed by atoms with Crippen LogP contribution in [-0.4, -0.2) is 23.5 Å². The molecule has 0 aromatic heterocycles. The zero-order chi connectivity index (χ0) is 9.31. The number of amides is 1. The van der Waals surface area contributed by atoms with Gasteiger partial charge >= 0.3 is 0 Å². The van der Waals surface area contributed by atoms with E-state index in [2.05, 4.69) is 12.2 Å². The van der Waals surface area contributed by atoms with Crippen LogP contribution >= 0.6 is 11.8 Å².